The predicted octanol–water partition coefficient (Wildman–Crippen LogP) is 10.8. The highest BCUT2D eigenvalue weighted by Crippen LogP contribution is 2.74. The van der Waals surface area contributed by atoms with Gasteiger partial charge in [0.25, 0.3) is 5.91 Å². The van der Waals surface area contributed by atoms with E-state index in [1.54, 1.807) is 18.2 Å². The number of Topliss-reactive ketones (excluding diaryl/α,β-unsaturated/α-hetero) is 2. The molecule has 1 aromatic rings. The molecule has 10 heteroatoms. The fourth-order valence-corrected chi connectivity index (χ4v) is 16.5. The second-order valence-electron chi connectivity index (χ2n) is 24.5. The number of allylic oxidation sites excluding steroid dienone is 2. The van der Waals surface area contributed by atoms with E-state index in [4.69, 9.17) is 16.3 Å². The quantitative estimate of drug-likeness (QED) is 0.140. The average Bonchev–Trinajstić information content (AvgIpc) is 3.85. The number of likely N-dealkylation sites (tertiary alicyclic amines) is 1. The van der Waals surface area contributed by atoms with Gasteiger partial charge in [0.2, 0.25) is 0 Å². The molecule has 7 aliphatic rings. The summed E-state index contributed by atoms with van der Waals surface area (Å²) in [6, 6.07) is 5.25. The summed E-state index contributed by atoms with van der Waals surface area (Å²) in [6.07, 6.45) is 14.3. The number of halogens is 1. The number of hydrogen-bond acceptors (Lipinski definition) is 7. The van der Waals surface area contributed by atoms with Crippen LogP contribution in [0.3, 0.4) is 0 Å². The van der Waals surface area contributed by atoms with Crippen molar-refractivity contribution in [3.05, 3.63) is 39.9 Å². The van der Waals surface area contributed by atoms with E-state index in [1.165, 1.54) is 44.1 Å². The monoisotopic (exact) mass is 916 g/mol. The van der Waals surface area contributed by atoms with E-state index >= 15 is 0 Å². The molecule has 11 atom stereocenters. The van der Waals surface area contributed by atoms with Crippen molar-refractivity contribution in [1.82, 2.24) is 15.5 Å². The molecule has 9 nitrogen and oxygen atoms in total. The number of carbonyl (C=O) groups is 4. The van der Waals surface area contributed by atoms with E-state index < -0.39 is 11.5 Å². The molecule has 1 heterocycles. The SMILES string of the molecule is CC(C)C1=C2C3CCC4C(C)(CCC5C(C)(C)C(CC(=O)C6CC(C(=O)O)C6C)CCC54C)C3CCC2(CCNCC(C)(C)NC(=O)c2ccc(Cl)cc2OCCN2CCCC2)CC1=O. The number of nitrogens with one attached hydrogen (secondary N) is 2. The Morgan fingerprint density at radius 1 is 0.954 bits per heavy atom. The zero-order chi connectivity index (χ0) is 46.9. The first-order chi connectivity index (χ1) is 30.6. The number of carboxylic acid groups (broad SMARTS) is 1. The number of ether oxygens (including phenoxy) is 1. The van der Waals surface area contributed by atoms with Gasteiger partial charge in [-0.25, -0.2) is 0 Å². The van der Waals surface area contributed by atoms with Crippen molar-refractivity contribution in [1.29, 1.82) is 0 Å². The molecule has 1 aliphatic heterocycles. The van der Waals surface area contributed by atoms with E-state index in [1.807, 2.05) is 6.92 Å². The van der Waals surface area contributed by atoms with Crippen LogP contribution in [0.5, 0.6) is 5.75 Å². The lowest BCUT2D eigenvalue weighted by Gasteiger charge is -2.69. The Kier molecular flexibility index (Phi) is 13.7. The molecule has 0 bridgehead atoms. The normalized spacial score (nSPS) is 36.6. The minimum Gasteiger partial charge on any atom is -0.491 e. The van der Waals surface area contributed by atoms with Gasteiger partial charge in [0.1, 0.15) is 18.1 Å². The summed E-state index contributed by atoms with van der Waals surface area (Å²) in [6.45, 7) is 25.6. The standard InChI is InChI=1S/C55H82ClN3O6/c1-33(2)47-43(61)31-55(22-23-57-32-51(4,5)58-49(62)38-13-12-36(56)29-44(38)65-27-26-59-24-10-11-25-59)21-17-41-37(48(47)55)14-15-46-53(41,8)20-18-45-52(6,7)35(16-19-54(45,46)9)28-42(60)39-30-40(34(39)3)50(63)64/h12-13,29,33-35,37,39-41,45-46,57H,10-11,14-28,30-32H2,1-9H3,(H,58,62)(H,63,64). The van der Waals surface area contributed by atoms with Gasteiger partial charge in [-0.1, -0.05) is 65.6 Å². The first kappa shape index (κ1) is 48.7. The Hall–Kier alpha value is -2.75. The van der Waals surface area contributed by atoms with Gasteiger partial charge >= 0.3 is 5.97 Å². The van der Waals surface area contributed by atoms with Crippen LogP contribution < -0.4 is 15.4 Å². The Morgan fingerprint density at radius 2 is 1.68 bits per heavy atom. The van der Waals surface area contributed by atoms with Crippen molar-refractivity contribution in [3.63, 3.8) is 0 Å². The van der Waals surface area contributed by atoms with E-state index in [0.717, 1.165) is 63.9 Å². The third-order valence-electron chi connectivity index (χ3n) is 19.8. The van der Waals surface area contributed by atoms with Gasteiger partial charge in [-0.15, -0.1) is 0 Å². The number of rotatable bonds is 16. The number of hydrogen-bond donors (Lipinski definition) is 3. The molecule has 11 unspecified atom stereocenters. The Morgan fingerprint density at radius 3 is 2.37 bits per heavy atom. The highest BCUT2D eigenvalue weighted by molar-refractivity contribution is 6.30. The highest BCUT2D eigenvalue weighted by atomic mass is 35.5. The molecule has 1 amide bonds. The van der Waals surface area contributed by atoms with Gasteiger partial charge < -0.3 is 20.5 Å². The van der Waals surface area contributed by atoms with Crippen LogP contribution in [-0.2, 0) is 14.4 Å². The van der Waals surface area contributed by atoms with Gasteiger partial charge in [0.05, 0.1) is 11.5 Å². The number of benzene rings is 1. The number of fused-ring (bicyclic) bond motifs is 7. The summed E-state index contributed by atoms with van der Waals surface area (Å²) < 4.78 is 6.14. The van der Waals surface area contributed by atoms with Crippen LogP contribution in [0.25, 0.3) is 0 Å². The molecule has 3 N–H and O–H groups in total. The highest BCUT2D eigenvalue weighted by Gasteiger charge is 2.66. The van der Waals surface area contributed by atoms with Gasteiger partial charge in [-0.05, 0) is 192 Å². The molecule has 0 spiro atoms. The number of aliphatic carboxylic acids is 1. The summed E-state index contributed by atoms with van der Waals surface area (Å²) in [5.74, 6) is 2.43. The van der Waals surface area contributed by atoms with Crippen LogP contribution in [0.15, 0.2) is 29.3 Å². The van der Waals surface area contributed by atoms with Crippen molar-refractivity contribution in [2.45, 2.75) is 158 Å². The van der Waals surface area contributed by atoms with Gasteiger partial charge in [-0.3, -0.25) is 24.1 Å². The van der Waals surface area contributed by atoms with Crippen LogP contribution in [-0.4, -0.2) is 78.3 Å². The Balaban J connectivity index is 0.913. The van der Waals surface area contributed by atoms with Crippen molar-refractivity contribution in [3.8, 4) is 5.75 Å². The smallest absolute Gasteiger partial charge is 0.306 e. The number of nitrogens with zero attached hydrogens (tertiary/aromatic N) is 1. The summed E-state index contributed by atoms with van der Waals surface area (Å²) in [5, 5.41) is 17.1. The van der Waals surface area contributed by atoms with Crippen molar-refractivity contribution in [2.24, 2.45) is 74.9 Å². The number of carbonyl (C=O) groups excluding carboxylic acids is 3. The van der Waals surface area contributed by atoms with Gasteiger partial charge in [-0.2, -0.15) is 0 Å². The van der Waals surface area contributed by atoms with Crippen molar-refractivity contribution < 1.29 is 29.0 Å². The Labute approximate surface area is 395 Å². The topological polar surface area (TPSA) is 125 Å². The molecule has 0 aromatic heterocycles. The third kappa shape index (κ3) is 8.92. The number of ketones is 2. The fourth-order valence-electron chi connectivity index (χ4n) is 16.4. The summed E-state index contributed by atoms with van der Waals surface area (Å²) in [5.41, 5.74) is 2.96. The zero-order valence-corrected chi connectivity index (χ0v) is 42.1. The molecular weight excluding hydrogens is 834 g/mol. The second-order valence-corrected chi connectivity index (χ2v) is 25.0. The van der Waals surface area contributed by atoms with Crippen LogP contribution in [0, 0.1) is 74.9 Å². The van der Waals surface area contributed by atoms with E-state index in [0.29, 0.717) is 89.9 Å². The number of amides is 1. The third-order valence-corrected chi connectivity index (χ3v) is 20.0. The first-order valence-electron chi connectivity index (χ1n) is 25.8. The molecule has 1 aromatic carbocycles. The molecular formula is C55H82ClN3O6. The van der Waals surface area contributed by atoms with Crippen LogP contribution in [0.4, 0.5) is 0 Å². The minimum atomic E-state index is -0.759. The minimum absolute atomic E-state index is 0.0390. The Bertz CT molecular complexity index is 2040. The summed E-state index contributed by atoms with van der Waals surface area (Å²) in [7, 11) is 0. The summed E-state index contributed by atoms with van der Waals surface area (Å²) >= 11 is 6.36. The average molecular weight is 917 g/mol. The molecule has 1 saturated heterocycles. The lowest BCUT2D eigenvalue weighted by atomic mass is 9.35. The van der Waals surface area contributed by atoms with Crippen LogP contribution in [0.2, 0.25) is 5.02 Å². The molecule has 360 valence electrons. The first-order valence-corrected chi connectivity index (χ1v) is 26.2. The molecule has 65 heavy (non-hydrogen) atoms. The molecule has 6 fully saturated rings. The molecule has 0 radical (unpaired) electrons. The molecule has 5 saturated carbocycles. The maximum atomic E-state index is 14.2. The maximum absolute atomic E-state index is 14.2. The van der Waals surface area contributed by atoms with Gasteiger partial charge in [0, 0.05) is 47.8 Å². The molecule has 6 aliphatic carbocycles. The summed E-state index contributed by atoms with van der Waals surface area (Å²) in [4.78, 5) is 55.7. The van der Waals surface area contributed by atoms with E-state index in [9.17, 15) is 24.3 Å². The van der Waals surface area contributed by atoms with Crippen molar-refractivity contribution in [2.75, 3.05) is 39.3 Å². The number of carboxylic acids is 1. The van der Waals surface area contributed by atoms with E-state index in [2.05, 4.69) is 70.9 Å². The predicted molar refractivity (Wildman–Crippen MR) is 258 cm³/mol. The lowest BCUT2D eigenvalue weighted by molar-refractivity contribution is -0.193. The largest absolute Gasteiger partial charge is 0.491 e. The van der Waals surface area contributed by atoms with Crippen molar-refractivity contribution >= 4 is 35.0 Å². The second kappa shape index (κ2) is 18.3. The fraction of sp³-hybridized carbons (Fsp3) is 0.782. The maximum Gasteiger partial charge on any atom is 0.306 e. The zero-order valence-electron chi connectivity index (χ0n) is 41.4. The van der Waals surface area contributed by atoms with Crippen LogP contribution >= 0.6 is 11.6 Å². The van der Waals surface area contributed by atoms with Crippen LogP contribution in [0.1, 0.15) is 163 Å². The van der Waals surface area contributed by atoms with E-state index in [-0.39, 0.29) is 51.2 Å². The van der Waals surface area contributed by atoms with Gasteiger partial charge in [0.15, 0.2) is 5.78 Å². The molecule has 8 rings (SSSR count). The lowest BCUT2D eigenvalue weighted by Crippen LogP contribution is -2.62.